The predicted molar refractivity (Wildman–Crippen MR) is 68.4 cm³/mol. The first-order valence-electron chi connectivity index (χ1n) is 6.29. The molecule has 2 heteroatoms. The molecule has 0 spiro atoms. The topological polar surface area (TPSA) is 15.3 Å². The van der Waals surface area contributed by atoms with E-state index in [1.807, 2.05) is 7.05 Å². The van der Waals surface area contributed by atoms with Crippen molar-refractivity contribution in [3.8, 4) is 0 Å². The van der Waals surface area contributed by atoms with Crippen LogP contribution >= 0.6 is 0 Å². The molecule has 0 bridgehead atoms. The minimum absolute atomic E-state index is 0.899. The van der Waals surface area contributed by atoms with Crippen molar-refractivity contribution in [3.63, 3.8) is 0 Å². The lowest BCUT2D eigenvalue weighted by molar-refractivity contribution is 0.313. The van der Waals surface area contributed by atoms with Gasteiger partial charge in [0.25, 0.3) is 0 Å². The molecule has 1 aliphatic heterocycles. The standard InChI is InChI=1S/C14H22N2/c1-15-9-7-14-8-10-16(12-14)11-13-5-3-2-4-6-13/h2-6,14-15H,7-12H2,1H3/t14-/m0/s1. The average Bonchev–Trinajstić information content (AvgIpc) is 2.75. The molecular weight excluding hydrogens is 196 g/mol. The van der Waals surface area contributed by atoms with Gasteiger partial charge in [-0.2, -0.15) is 0 Å². The fourth-order valence-electron chi connectivity index (χ4n) is 2.48. The van der Waals surface area contributed by atoms with Crippen LogP contribution in [0, 0.1) is 5.92 Å². The van der Waals surface area contributed by atoms with Crippen molar-refractivity contribution in [3.05, 3.63) is 35.9 Å². The molecular formula is C14H22N2. The fraction of sp³-hybridized carbons (Fsp3) is 0.571. The van der Waals surface area contributed by atoms with Crippen LogP contribution in [0.25, 0.3) is 0 Å². The molecule has 0 saturated carbocycles. The monoisotopic (exact) mass is 218 g/mol. The van der Waals surface area contributed by atoms with E-state index in [4.69, 9.17) is 0 Å². The maximum atomic E-state index is 3.24. The second-order valence-corrected chi connectivity index (χ2v) is 4.77. The summed E-state index contributed by atoms with van der Waals surface area (Å²) in [6.45, 7) is 4.82. The minimum atomic E-state index is 0.899. The third-order valence-corrected chi connectivity index (χ3v) is 3.42. The maximum absolute atomic E-state index is 3.24. The molecule has 0 unspecified atom stereocenters. The van der Waals surface area contributed by atoms with E-state index < -0.39 is 0 Å². The van der Waals surface area contributed by atoms with Gasteiger partial charge in [-0.25, -0.2) is 0 Å². The Balaban J connectivity index is 1.76. The Kier molecular flexibility index (Phi) is 4.37. The van der Waals surface area contributed by atoms with Crippen molar-refractivity contribution < 1.29 is 0 Å². The Labute approximate surface area is 98.7 Å². The highest BCUT2D eigenvalue weighted by atomic mass is 15.1. The van der Waals surface area contributed by atoms with Gasteiger partial charge in [-0.3, -0.25) is 4.90 Å². The number of hydrogen-bond donors (Lipinski definition) is 1. The highest BCUT2D eigenvalue weighted by Crippen LogP contribution is 2.20. The summed E-state index contributed by atoms with van der Waals surface area (Å²) in [5.74, 6) is 0.899. The number of benzene rings is 1. The van der Waals surface area contributed by atoms with Gasteiger partial charge in [0, 0.05) is 13.1 Å². The lowest BCUT2D eigenvalue weighted by atomic mass is 10.1. The summed E-state index contributed by atoms with van der Waals surface area (Å²) >= 11 is 0. The van der Waals surface area contributed by atoms with Crippen molar-refractivity contribution >= 4 is 0 Å². The Morgan fingerprint density at radius 3 is 2.88 bits per heavy atom. The molecule has 1 N–H and O–H groups in total. The lowest BCUT2D eigenvalue weighted by Crippen LogP contribution is -2.21. The SMILES string of the molecule is CNCC[C@H]1CCN(Cc2ccccc2)C1. The first-order chi connectivity index (χ1) is 7.88. The van der Waals surface area contributed by atoms with Crippen molar-refractivity contribution in [1.82, 2.24) is 10.2 Å². The average molecular weight is 218 g/mol. The Morgan fingerprint density at radius 1 is 1.31 bits per heavy atom. The molecule has 1 heterocycles. The van der Waals surface area contributed by atoms with E-state index in [1.54, 1.807) is 0 Å². The Bertz CT molecular complexity index is 297. The van der Waals surface area contributed by atoms with Gasteiger partial charge in [0.2, 0.25) is 0 Å². The molecule has 16 heavy (non-hydrogen) atoms. The van der Waals surface area contributed by atoms with Gasteiger partial charge in [-0.1, -0.05) is 30.3 Å². The molecule has 1 saturated heterocycles. The molecule has 0 amide bonds. The molecule has 2 nitrogen and oxygen atoms in total. The molecule has 1 atom stereocenters. The zero-order chi connectivity index (χ0) is 11.2. The Hall–Kier alpha value is -0.860. The van der Waals surface area contributed by atoms with Crippen LogP contribution < -0.4 is 5.32 Å². The fourth-order valence-corrected chi connectivity index (χ4v) is 2.48. The third-order valence-electron chi connectivity index (χ3n) is 3.42. The van der Waals surface area contributed by atoms with E-state index in [2.05, 4.69) is 40.5 Å². The van der Waals surface area contributed by atoms with Crippen LogP contribution in [-0.4, -0.2) is 31.6 Å². The molecule has 1 aromatic carbocycles. The van der Waals surface area contributed by atoms with E-state index in [-0.39, 0.29) is 0 Å². The van der Waals surface area contributed by atoms with Crippen molar-refractivity contribution in [2.75, 3.05) is 26.7 Å². The van der Waals surface area contributed by atoms with Gasteiger partial charge < -0.3 is 5.32 Å². The van der Waals surface area contributed by atoms with Gasteiger partial charge in [0.1, 0.15) is 0 Å². The second-order valence-electron chi connectivity index (χ2n) is 4.77. The van der Waals surface area contributed by atoms with Gasteiger partial charge in [0.05, 0.1) is 0 Å². The largest absolute Gasteiger partial charge is 0.320 e. The van der Waals surface area contributed by atoms with E-state index >= 15 is 0 Å². The van der Waals surface area contributed by atoms with E-state index in [0.717, 1.165) is 19.0 Å². The first-order valence-corrected chi connectivity index (χ1v) is 6.29. The van der Waals surface area contributed by atoms with Crippen LogP contribution in [0.15, 0.2) is 30.3 Å². The van der Waals surface area contributed by atoms with Crippen LogP contribution in [0.4, 0.5) is 0 Å². The number of likely N-dealkylation sites (tertiary alicyclic amines) is 1. The van der Waals surface area contributed by atoms with Crippen LogP contribution in [-0.2, 0) is 6.54 Å². The normalized spacial score (nSPS) is 21.4. The maximum Gasteiger partial charge on any atom is 0.0233 e. The zero-order valence-corrected chi connectivity index (χ0v) is 10.2. The molecule has 1 aromatic rings. The molecule has 88 valence electrons. The highest BCUT2D eigenvalue weighted by Gasteiger charge is 2.21. The summed E-state index contributed by atoms with van der Waals surface area (Å²) in [5.41, 5.74) is 1.44. The van der Waals surface area contributed by atoms with Gasteiger partial charge in [-0.05, 0) is 44.5 Å². The summed E-state index contributed by atoms with van der Waals surface area (Å²) in [7, 11) is 2.04. The van der Waals surface area contributed by atoms with E-state index in [0.29, 0.717) is 0 Å². The zero-order valence-electron chi connectivity index (χ0n) is 10.2. The summed E-state index contributed by atoms with van der Waals surface area (Å²) in [4.78, 5) is 2.58. The summed E-state index contributed by atoms with van der Waals surface area (Å²) in [5, 5.41) is 3.24. The molecule has 1 fully saturated rings. The number of nitrogens with one attached hydrogen (secondary N) is 1. The summed E-state index contributed by atoms with van der Waals surface area (Å²) < 4.78 is 0. The minimum Gasteiger partial charge on any atom is -0.320 e. The molecule has 0 radical (unpaired) electrons. The molecule has 0 aromatic heterocycles. The van der Waals surface area contributed by atoms with Gasteiger partial charge in [-0.15, -0.1) is 0 Å². The van der Waals surface area contributed by atoms with Crippen LogP contribution in [0.1, 0.15) is 18.4 Å². The summed E-state index contributed by atoms with van der Waals surface area (Å²) in [6.07, 6.45) is 2.69. The highest BCUT2D eigenvalue weighted by molar-refractivity contribution is 5.14. The van der Waals surface area contributed by atoms with Gasteiger partial charge in [0.15, 0.2) is 0 Å². The van der Waals surface area contributed by atoms with E-state index in [9.17, 15) is 0 Å². The molecule has 0 aliphatic carbocycles. The number of hydrogen-bond acceptors (Lipinski definition) is 2. The second kappa shape index (κ2) is 6.02. The lowest BCUT2D eigenvalue weighted by Gasteiger charge is -2.16. The summed E-state index contributed by atoms with van der Waals surface area (Å²) in [6, 6.07) is 10.8. The number of rotatable bonds is 5. The van der Waals surface area contributed by atoms with E-state index in [1.165, 1.54) is 31.5 Å². The predicted octanol–water partition coefficient (Wildman–Crippen LogP) is 2.12. The van der Waals surface area contributed by atoms with Crippen LogP contribution in [0.2, 0.25) is 0 Å². The third kappa shape index (κ3) is 3.32. The van der Waals surface area contributed by atoms with Crippen LogP contribution in [0.5, 0.6) is 0 Å². The smallest absolute Gasteiger partial charge is 0.0233 e. The van der Waals surface area contributed by atoms with Gasteiger partial charge >= 0.3 is 0 Å². The number of nitrogens with zero attached hydrogens (tertiary/aromatic N) is 1. The van der Waals surface area contributed by atoms with Crippen LogP contribution in [0.3, 0.4) is 0 Å². The Morgan fingerprint density at radius 2 is 2.12 bits per heavy atom. The van der Waals surface area contributed by atoms with Crippen molar-refractivity contribution in [1.29, 1.82) is 0 Å². The van der Waals surface area contributed by atoms with Crippen molar-refractivity contribution in [2.45, 2.75) is 19.4 Å². The molecule has 1 aliphatic rings. The first kappa shape index (κ1) is 11.6. The van der Waals surface area contributed by atoms with Crippen molar-refractivity contribution in [2.24, 2.45) is 5.92 Å². The quantitative estimate of drug-likeness (QED) is 0.814. The molecule has 2 rings (SSSR count).